The highest BCUT2D eigenvalue weighted by Crippen LogP contribution is 2.27. The fraction of sp³-hybridized carbons (Fsp3) is 0.167. The Hall–Kier alpha value is -2.04. The number of carbonyl (C=O) groups excluding carboxylic acids is 1. The molecule has 22 heavy (non-hydrogen) atoms. The van der Waals surface area contributed by atoms with Gasteiger partial charge >= 0.3 is 0 Å². The van der Waals surface area contributed by atoms with Crippen LogP contribution in [0.25, 0.3) is 0 Å². The molecule has 1 unspecified atom stereocenters. The molecule has 3 N–H and O–H groups in total. The minimum Gasteiger partial charge on any atom is -0.324 e. The molecule has 0 aliphatic rings. The zero-order valence-corrected chi connectivity index (χ0v) is 13.2. The second-order valence-electron chi connectivity index (χ2n) is 4.88. The summed E-state index contributed by atoms with van der Waals surface area (Å²) in [5.41, 5.74) is 7.86. The Morgan fingerprint density at radius 2 is 1.86 bits per heavy atom. The van der Waals surface area contributed by atoms with E-state index in [1.165, 1.54) is 0 Å². The predicted octanol–water partition coefficient (Wildman–Crippen LogP) is 3.47. The van der Waals surface area contributed by atoms with Crippen LogP contribution in [-0.2, 0) is 11.2 Å². The van der Waals surface area contributed by atoms with E-state index in [2.05, 4.69) is 11.9 Å². The quantitative estimate of drug-likeness (QED) is 0.608. The Kier molecular flexibility index (Phi) is 6.25. The van der Waals surface area contributed by atoms with E-state index in [0.717, 1.165) is 21.9 Å². The summed E-state index contributed by atoms with van der Waals surface area (Å²) in [6.45, 7) is 3.71. The van der Waals surface area contributed by atoms with Gasteiger partial charge in [0.15, 0.2) is 0 Å². The predicted molar refractivity (Wildman–Crippen MR) is 94.1 cm³/mol. The van der Waals surface area contributed by atoms with Crippen molar-refractivity contribution in [3.8, 4) is 0 Å². The van der Waals surface area contributed by atoms with Gasteiger partial charge in [0.2, 0.25) is 5.91 Å². The molecule has 0 heterocycles. The first-order chi connectivity index (χ1) is 10.7. The summed E-state index contributed by atoms with van der Waals surface area (Å²) in [7, 11) is 0. The topological polar surface area (TPSA) is 55.1 Å². The summed E-state index contributed by atoms with van der Waals surface area (Å²) >= 11 is 1.63. The van der Waals surface area contributed by atoms with Crippen molar-refractivity contribution in [2.45, 2.75) is 17.4 Å². The number of hydrogen-bond acceptors (Lipinski definition) is 3. The van der Waals surface area contributed by atoms with E-state index < -0.39 is 6.04 Å². The average Bonchev–Trinajstić information content (AvgIpc) is 2.55. The zero-order chi connectivity index (χ0) is 15.8. The molecule has 0 saturated carbocycles. The molecule has 3 nitrogen and oxygen atoms in total. The van der Waals surface area contributed by atoms with Crippen molar-refractivity contribution in [3.63, 3.8) is 0 Å². The van der Waals surface area contributed by atoms with Gasteiger partial charge in [-0.25, -0.2) is 0 Å². The van der Waals surface area contributed by atoms with E-state index in [1.807, 2.05) is 60.7 Å². The molecule has 0 radical (unpaired) electrons. The van der Waals surface area contributed by atoms with Crippen LogP contribution < -0.4 is 11.1 Å². The third-order valence-electron chi connectivity index (χ3n) is 3.14. The Labute approximate surface area is 135 Å². The first kappa shape index (κ1) is 16.3. The van der Waals surface area contributed by atoms with Crippen LogP contribution in [0.2, 0.25) is 0 Å². The molecular weight excluding hydrogens is 292 g/mol. The molecule has 2 aromatic rings. The van der Waals surface area contributed by atoms with Crippen LogP contribution in [0.5, 0.6) is 0 Å². The third kappa shape index (κ3) is 4.76. The van der Waals surface area contributed by atoms with Gasteiger partial charge in [-0.3, -0.25) is 4.79 Å². The Morgan fingerprint density at radius 1 is 1.18 bits per heavy atom. The van der Waals surface area contributed by atoms with Crippen molar-refractivity contribution >= 4 is 23.4 Å². The highest BCUT2D eigenvalue weighted by Gasteiger charge is 2.15. The highest BCUT2D eigenvalue weighted by atomic mass is 32.2. The number of nitrogens with two attached hydrogens (primary N) is 1. The molecule has 114 valence electrons. The van der Waals surface area contributed by atoms with Crippen molar-refractivity contribution in [2.75, 3.05) is 11.1 Å². The van der Waals surface area contributed by atoms with Crippen molar-refractivity contribution in [3.05, 3.63) is 72.8 Å². The van der Waals surface area contributed by atoms with Gasteiger partial charge in [-0.2, -0.15) is 0 Å². The van der Waals surface area contributed by atoms with E-state index in [1.54, 1.807) is 11.8 Å². The van der Waals surface area contributed by atoms with Crippen LogP contribution in [0, 0.1) is 0 Å². The largest absolute Gasteiger partial charge is 0.324 e. The van der Waals surface area contributed by atoms with Gasteiger partial charge in [0.1, 0.15) is 0 Å². The minimum absolute atomic E-state index is 0.171. The van der Waals surface area contributed by atoms with Crippen molar-refractivity contribution < 1.29 is 4.79 Å². The van der Waals surface area contributed by atoms with Gasteiger partial charge in [0, 0.05) is 10.6 Å². The summed E-state index contributed by atoms with van der Waals surface area (Å²) in [6.07, 6.45) is 2.36. The molecule has 4 heteroatoms. The number of anilines is 1. The number of para-hydroxylation sites is 1. The standard InChI is InChI=1S/C18H20N2OS/c1-2-12-22-17-11-7-6-10-16(17)20-18(21)15(19)13-14-8-4-3-5-9-14/h2-11,15H,1,12-13,19H2,(H,20,21). The number of nitrogens with one attached hydrogen (secondary N) is 1. The molecule has 0 spiro atoms. The van der Waals surface area contributed by atoms with E-state index in [9.17, 15) is 4.79 Å². The van der Waals surface area contributed by atoms with Crippen molar-refractivity contribution in [2.24, 2.45) is 5.73 Å². The number of hydrogen-bond donors (Lipinski definition) is 2. The molecule has 0 aromatic heterocycles. The van der Waals surface area contributed by atoms with E-state index in [0.29, 0.717) is 6.42 Å². The number of benzene rings is 2. The van der Waals surface area contributed by atoms with Crippen LogP contribution in [0.15, 0.2) is 72.1 Å². The summed E-state index contributed by atoms with van der Waals surface area (Å²) < 4.78 is 0. The normalized spacial score (nSPS) is 11.7. The van der Waals surface area contributed by atoms with E-state index in [4.69, 9.17) is 5.73 Å². The SMILES string of the molecule is C=CCSc1ccccc1NC(=O)C(N)Cc1ccccc1. The lowest BCUT2D eigenvalue weighted by molar-refractivity contribution is -0.117. The van der Waals surface area contributed by atoms with Crippen LogP contribution in [0.4, 0.5) is 5.69 Å². The maximum absolute atomic E-state index is 12.3. The number of amides is 1. The van der Waals surface area contributed by atoms with E-state index in [-0.39, 0.29) is 5.91 Å². The van der Waals surface area contributed by atoms with Gasteiger partial charge in [-0.1, -0.05) is 48.5 Å². The molecule has 0 saturated heterocycles. The molecule has 0 aliphatic carbocycles. The van der Waals surface area contributed by atoms with Crippen LogP contribution in [0.1, 0.15) is 5.56 Å². The maximum atomic E-state index is 12.3. The molecule has 1 atom stereocenters. The Morgan fingerprint density at radius 3 is 2.59 bits per heavy atom. The molecule has 0 bridgehead atoms. The number of rotatable bonds is 7. The molecule has 2 aromatic carbocycles. The summed E-state index contributed by atoms with van der Waals surface area (Å²) in [6, 6.07) is 16.9. The van der Waals surface area contributed by atoms with Crippen LogP contribution in [-0.4, -0.2) is 17.7 Å². The molecular formula is C18H20N2OS. The zero-order valence-electron chi connectivity index (χ0n) is 12.4. The molecule has 1 amide bonds. The summed E-state index contributed by atoms with van der Waals surface area (Å²) in [4.78, 5) is 13.3. The van der Waals surface area contributed by atoms with Gasteiger partial charge in [0.25, 0.3) is 0 Å². The number of thioether (sulfide) groups is 1. The van der Waals surface area contributed by atoms with E-state index >= 15 is 0 Å². The van der Waals surface area contributed by atoms with Gasteiger partial charge in [0.05, 0.1) is 11.7 Å². The Balaban J connectivity index is 2.00. The van der Waals surface area contributed by atoms with Crippen LogP contribution >= 0.6 is 11.8 Å². The maximum Gasteiger partial charge on any atom is 0.241 e. The summed E-state index contributed by atoms with van der Waals surface area (Å²) in [5.74, 6) is 0.624. The summed E-state index contributed by atoms with van der Waals surface area (Å²) in [5, 5.41) is 2.92. The van der Waals surface area contributed by atoms with Gasteiger partial charge in [-0.05, 0) is 24.1 Å². The highest BCUT2D eigenvalue weighted by molar-refractivity contribution is 7.99. The lowest BCUT2D eigenvalue weighted by Crippen LogP contribution is -2.37. The average molecular weight is 312 g/mol. The lowest BCUT2D eigenvalue weighted by atomic mass is 10.1. The fourth-order valence-corrected chi connectivity index (χ4v) is 2.78. The number of carbonyl (C=O) groups is 1. The fourth-order valence-electron chi connectivity index (χ4n) is 2.03. The second-order valence-corrected chi connectivity index (χ2v) is 5.94. The van der Waals surface area contributed by atoms with Gasteiger partial charge < -0.3 is 11.1 Å². The van der Waals surface area contributed by atoms with Crippen LogP contribution in [0.3, 0.4) is 0 Å². The first-order valence-corrected chi connectivity index (χ1v) is 8.12. The third-order valence-corrected chi connectivity index (χ3v) is 4.21. The smallest absolute Gasteiger partial charge is 0.241 e. The second kappa shape index (κ2) is 8.41. The minimum atomic E-state index is -0.570. The first-order valence-electron chi connectivity index (χ1n) is 7.14. The van der Waals surface area contributed by atoms with Gasteiger partial charge in [-0.15, -0.1) is 18.3 Å². The molecule has 0 fully saturated rings. The molecule has 0 aliphatic heterocycles. The Bertz CT molecular complexity index is 628. The monoisotopic (exact) mass is 312 g/mol. The lowest BCUT2D eigenvalue weighted by Gasteiger charge is -2.14. The molecule has 2 rings (SSSR count). The van der Waals surface area contributed by atoms with Crippen molar-refractivity contribution in [1.29, 1.82) is 0 Å². The van der Waals surface area contributed by atoms with Crippen molar-refractivity contribution in [1.82, 2.24) is 0 Å².